The maximum absolute atomic E-state index is 11.6. The lowest BCUT2D eigenvalue weighted by Gasteiger charge is -2.08. The highest BCUT2D eigenvalue weighted by Crippen LogP contribution is 2.06. The third-order valence-corrected chi connectivity index (χ3v) is 2.44. The van der Waals surface area contributed by atoms with Gasteiger partial charge in [0.25, 0.3) is 5.91 Å². The fraction of sp³-hybridized carbons (Fsp3) is 0.500. The Morgan fingerprint density at radius 1 is 1.59 bits per heavy atom. The van der Waals surface area contributed by atoms with Crippen molar-refractivity contribution in [1.82, 2.24) is 10.3 Å². The van der Waals surface area contributed by atoms with Crippen molar-refractivity contribution in [2.45, 2.75) is 25.9 Å². The van der Waals surface area contributed by atoms with Gasteiger partial charge in [0.15, 0.2) is 0 Å². The second-order valence-electron chi connectivity index (χ2n) is 3.70. The number of aliphatic hydroxyl groups is 1. The summed E-state index contributed by atoms with van der Waals surface area (Å²) in [6.45, 7) is 2.36. The van der Waals surface area contributed by atoms with Crippen LogP contribution in [0.2, 0.25) is 0 Å². The van der Waals surface area contributed by atoms with Crippen molar-refractivity contribution in [1.29, 1.82) is 0 Å². The van der Waals surface area contributed by atoms with Crippen LogP contribution in [0, 0.1) is 0 Å². The van der Waals surface area contributed by atoms with Crippen LogP contribution in [0.5, 0.6) is 5.88 Å². The van der Waals surface area contributed by atoms with E-state index in [-0.39, 0.29) is 12.0 Å². The third-order valence-electron chi connectivity index (χ3n) is 2.44. The van der Waals surface area contributed by atoms with Crippen LogP contribution in [0.4, 0.5) is 0 Å². The molecule has 0 saturated carbocycles. The summed E-state index contributed by atoms with van der Waals surface area (Å²) < 4.78 is 4.90. The number of pyridine rings is 1. The molecule has 1 aromatic heterocycles. The van der Waals surface area contributed by atoms with E-state index in [0.29, 0.717) is 30.8 Å². The lowest BCUT2D eigenvalue weighted by molar-refractivity contribution is 0.0941. The molecule has 1 atom stereocenters. The van der Waals surface area contributed by atoms with Crippen LogP contribution in [-0.4, -0.2) is 35.8 Å². The molecule has 5 heteroatoms. The van der Waals surface area contributed by atoms with Crippen molar-refractivity contribution in [3.8, 4) is 5.88 Å². The molecule has 1 aromatic rings. The molecule has 2 N–H and O–H groups in total. The van der Waals surface area contributed by atoms with Gasteiger partial charge in [-0.2, -0.15) is 0 Å². The van der Waals surface area contributed by atoms with Crippen molar-refractivity contribution in [3.63, 3.8) is 0 Å². The maximum atomic E-state index is 11.6. The second kappa shape index (κ2) is 6.85. The zero-order chi connectivity index (χ0) is 12.7. The fourth-order valence-corrected chi connectivity index (χ4v) is 1.29. The number of amides is 1. The number of carbonyl (C=O) groups is 1. The van der Waals surface area contributed by atoms with Gasteiger partial charge >= 0.3 is 0 Å². The molecule has 0 spiro atoms. The molecule has 0 bridgehead atoms. The van der Waals surface area contributed by atoms with Crippen molar-refractivity contribution in [3.05, 3.63) is 23.9 Å². The predicted octanol–water partition coefficient (Wildman–Crippen LogP) is 0.981. The Hall–Kier alpha value is -1.62. The van der Waals surface area contributed by atoms with Gasteiger partial charge in [0, 0.05) is 18.8 Å². The summed E-state index contributed by atoms with van der Waals surface area (Å²) in [5, 5.41) is 12.1. The molecule has 5 nitrogen and oxygen atoms in total. The van der Waals surface area contributed by atoms with E-state index in [1.807, 2.05) is 6.92 Å². The molecular formula is C12H18N2O3. The molecule has 0 aliphatic rings. The van der Waals surface area contributed by atoms with Gasteiger partial charge in [-0.15, -0.1) is 0 Å². The van der Waals surface area contributed by atoms with E-state index in [0.717, 1.165) is 0 Å². The van der Waals surface area contributed by atoms with Crippen molar-refractivity contribution >= 4 is 5.91 Å². The van der Waals surface area contributed by atoms with Crippen molar-refractivity contribution in [2.75, 3.05) is 13.7 Å². The minimum Gasteiger partial charge on any atom is -0.481 e. The van der Waals surface area contributed by atoms with E-state index in [1.54, 1.807) is 12.1 Å². The minimum absolute atomic E-state index is 0.191. The molecule has 0 aliphatic heterocycles. The summed E-state index contributed by atoms with van der Waals surface area (Å²) in [7, 11) is 1.52. The number of carbonyl (C=O) groups excluding carboxylic acids is 1. The summed E-state index contributed by atoms with van der Waals surface area (Å²) >= 11 is 0. The lowest BCUT2D eigenvalue weighted by atomic mass is 10.2. The van der Waals surface area contributed by atoms with Crippen LogP contribution in [-0.2, 0) is 0 Å². The summed E-state index contributed by atoms with van der Waals surface area (Å²) in [4.78, 5) is 15.6. The summed E-state index contributed by atoms with van der Waals surface area (Å²) in [5.74, 6) is 0.284. The lowest BCUT2D eigenvalue weighted by Crippen LogP contribution is -2.27. The van der Waals surface area contributed by atoms with Crippen molar-refractivity contribution < 1.29 is 14.6 Å². The van der Waals surface area contributed by atoms with Crippen LogP contribution < -0.4 is 10.1 Å². The van der Waals surface area contributed by atoms with E-state index in [1.165, 1.54) is 13.3 Å². The highest BCUT2D eigenvalue weighted by molar-refractivity contribution is 5.93. The summed E-state index contributed by atoms with van der Waals surface area (Å²) in [6.07, 6.45) is 2.36. The smallest absolute Gasteiger partial charge is 0.252 e. The molecule has 0 saturated heterocycles. The van der Waals surface area contributed by atoms with E-state index in [9.17, 15) is 9.90 Å². The molecule has 0 aliphatic carbocycles. The molecule has 1 heterocycles. The van der Waals surface area contributed by atoms with Gasteiger partial charge in [-0.05, 0) is 18.9 Å². The topological polar surface area (TPSA) is 71.5 Å². The van der Waals surface area contributed by atoms with Crippen LogP contribution in [0.25, 0.3) is 0 Å². The average Bonchev–Trinajstić information content (AvgIpc) is 2.38. The highest BCUT2D eigenvalue weighted by Gasteiger charge is 2.07. The van der Waals surface area contributed by atoms with E-state index >= 15 is 0 Å². The predicted molar refractivity (Wildman–Crippen MR) is 64.0 cm³/mol. The first kappa shape index (κ1) is 13.4. The number of hydrogen-bond acceptors (Lipinski definition) is 4. The Labute approximate surface area is 101 Å². The third kappa shape index (κ3) is 4.40. The number of nitrogens with zero attached hydrogens (tertiary/aromatic N) is 1. The number of hydrogen-bond donors (Lipinski definition) is 2. The van der Waals surface area contributed by atoms with E-state index < -0.39 is 0 Å². The molecule has 1 rings (SSSR count). The summed E-state index contributed by atoms with van der Waals surface area (Å²) in [5.41, 5.74) is 0.483. The molecule has 0 radical (unpaired) electrons. The number of methoxy groups -OCH3 is 1. The SMILES string of the molecule is CCC(O)CCNC(=O)c1ccc(OC)nc1. The fourth-order valence-electron chi connectivity index (χ4n) is 1.29. The van der Waals surface area contributed by atoms with E-state index in [4.69, 9.17) is 4.74 Å². The molecule has 0 aromatic carbocycles. The number of aromatic nitrogens is 1. The van der Waals surface area contributed by atoms with Gasteiger partial charge in [0.2, 0.25) is 5.88 Å². The normalized spacial score (nSPS) is 11.9. The summed E-state index contributed by atoms with van der Waals surface area (Å²) in [6, 6.07) is 3.28. The number of aliphatic hydroxyl groups excluding tert-OH is 1. The molecule has 1 unspecified atom stereocenters. The molecule has 17 heavy (non-hydrogen) atoms. The highest BCUT2D eigenvalue weighted by atomic mass is 16.5. The first-order valence-electron chi connectivity index (χ1n) is 5.63. The monoisotopic (exact) mass is 238 g/mol. The standard InChI is InChI=1S/C12H18N2O3/c1-3-10(15)6-7-13-12(16)9-4-5-11(17-2)14-8-9/h4-5,8,10,15H,3,6-7H2,1-2H3,(H,13,16). The first-order valence-corrected chi connectivity index (χ1v) is 5.63. The number of rotatable bonds is 6. The van der Waals surface area contributed by atoms with Crippen LogP contribution >= 0.6 is 0 Å². The Balaban J connectivity index is 2.41. The Morgan fingerprint density at radius 2 is 2.35 bits per heavy atom. The first-order chi connectivity index (χ1) is 8.17. The Morgan fingerprint density at radius 3 is 2.88 bits per heavy atom. The minimum atomic E-state index is -0.357. The maximum Gasteiger partial charge on any atom is 0.252 e. The second-order valence-corrected chi connectivity index (χ2v) is 3.70. The Kier molecular flexibility index (Phi) is 5.42. The zero-order valence-electron chi connectivity index (χ0n) is 10.1. The quantitative estimate of drug-likeness (QED) is 0.775. The van der Waals surface area contributed by atoms with Gasteiger partial charge in [-0.25, -0.2) is 4.98 Å². The van der Waals surface area contributed by atoms with Crippen LogP contribution in [0.3, 0.4) is 0 Å². The van der Waals surface area contributed by atoms with Gasteiger partial charge in [0.1, 0.15) is 0 Å². The molecular weight excluding hydrogens is 220 g/mol. The largest absolute Gasteiger partial charge is 0.481 e. The van der Waals surface area contributed by atoms with Crippen LogP contribution in [0.1, 0.15) is 30.1 Å². The zero-order valence-corrected chi connectivity index (χ0v) is 10.1. The number of nitrogens with one attached hydrogen (secondary N) is 1. The average molecular weight is 238 g/mol. The Bertz CT molecular complexity index is 351. The van der Waals surface area contributed by atoms with Gasteiger partial charge in [-0.1, -0.05) is 6.92 Å². The molecule has 94 valence electrons. The van der Waals surface area contributed by atoms with Gasteiger partial charge < -0.3 is 15.2 Å². The number of ether oxygens (including phenoxy) is 1. The molecule has 0 fully saturated rings. The van der Waals surface area contributed by atoms with Gasteiger partial charge in [0.05, 0.1) is 18.8 Å². The molecule has 1 amide bonds. The van der Waals surface area contributed by atoms with Gasteiger partial charge in [-0.3, -0.25) is 4.79 Å². The van der Waals surface area contributed by atoms with Crippen molar-refractivity contribution in [2.24, 2.45) is 0 Å². The van der Waals surface area contributed by atoms with E-state index in [2.05, 4.69) is 10.3 Å². The van der Waals surface area contributed by atoms with Crippen LogP contribution in [0.15, 0.2) is 18.3 Å².